The minimum absolute atomic E-state index is 0.435. The van der Waals surface area contributed by atoms with Crippen LogP contribution in [0.4, 0.5) is 0 Å². The van der Waals surface area contributed by atoms with Crippen LogP contribution in [0.1, 0.15) is 0 Å². The highest BCUT2D eigenvalue weighted by molar-refractivity contribution is 7.39. The predicted molar refractivity (Wildman–Crippen MR) is 23.9 cm³/mol. The zero-order valence-electron chi connectivity index (χ0n) is 3.50. The summed E-state index contributed by atoms with van der Waals surface area (Å²) in [5.74, 6) is -0.747. The van der Waals surface area contributed by atoms with E-state index in [9.17, 15) is 9.36 Å². The van der Waals surface area contributed by atoms with Gasteiger partial charge < -0.3 is 5.73 Å². The fraction of sp³-hybridized carbons (Fsp3) is 0.500. The molecule has 0 bridgehead atoms. The number of nitrogens with two attached hydrogens (primary N) is 1. The Morgan fingerprint density at radius 2 is 2.29 bits per heavy atom. The molecule has 0 heterocycles. The lowest BCUT2D eigenvalue weighted by Gasteiger charge is -1.70. The van der Waals surface area contributed by atoms with E-state index in [1.165, 1.54) is 0 Å². The van der Waals surface area contributed by atoms with Crippen molar-refractivity contribution in [2.24, 2.45) is 5.73 Å². The molecule has 5 heteroatoms. The standard InChI is InChI=1S/C2H4NO3P/c3-2(4)1-7(5)6/h1H2,(H2-,3,4,5,6)/p+1. The Morgan fingerprint density at radius 1 is 1.86 bits per heavy atom. The summed E-state index contributed by atoms with van der Waals surface area (Å²) in [4.78, 5) is 17.6. The summed E-state index contributed by atoms with van der Waals surface area (Å²) in [6.07, 6.45) is -0.435. The van der Waals surface area contributed by atoms with Gasteiger partial charge in [-0.3, -0.25) is 4.79 Å². The van der Waals surface area contributed by atoms with Crippen LogP contribution in [0.2, 0.25) is 0 Å². The second kappa shape index (κ2) is 2.66. The van der Waals surface area contributed by atoms with Gasteiger partial charge in [-0.05, 0) is 4.57 Å². The molecule has 0 aromatic rings. The molecule has 0 aromatic carbocycles. The molecular formula is C2H5NO3P+. The van der Waals surface area contributed by atoms with Crippen molar-refractivity contribution in [3.63, 3.8) is 0 Å². The molecule has 0 aromatic heterocycles. The molecule has 0 saturated heterocycles. The molecule has 0 spiro atoms. The number of rotatable bonds is 2. The Balaban J connectivity index is 3.32. The maximum absolute atomic E-state index is 9.69. The van der Waals surface area contributed by atoms with Crippen molar-refractivity contribution in [2.75, 3.05) is 6.16 Å². The van der Waals surface area contributed by atoms with Gasteiger partial charge in [-0.25, -0.2) is 0 Å². The lowest BCUT2D eigenvalue weighted by molar-refractivity contribution is -0.115. The zero-order chi connectivity index (χ0) is 5.86. The summed E-state index contributed by atoms with van der Waals surface area (Å²) in [6.45, 7) is 0. The van der Waals surface area contributed by atoms with Gasteiger partial charge in [0.15, 0.2) is 0 Å². The van der Waals surface area contributed by atoms with Crippen LogP contribution in [-0.4, -0.2) is 17.0 Å². The molecule has 1 unspecified atom stereocenters. The molecule has 0 aliphatic rings. The van der Waals surface area contributed by atoms with Crippen molar-refractivity contribution in [1.82, 2.24) is 0 Å². The smallest absolute Gasteiger partial charge is 0.366 e. The SMILES string of the molecule is NC(=O)C[P+](=O)O. The van der Waals surface area contributed by atoms with E-state index >= 15 is 0 Å². The number of hydrogen-bond donors (Lipinski definition) is 2. The lowest BCUT2D eigenvalue weighted by atomic mass is 10.8. The van der Waals surface area contributed by atoms with E-state index in [2.05, 4.69) is 5.73 Å². The molecule has 1 amide bonds. The number of primary amides is 1. The van der Waals surface area contributed by atoms with Crippen LogP contribution in [0.5, 0.6) is 0 Å². The molecule has 7 heavy (non-hydrogen) atoms. The highest BCUT2D eigenvalue weighted by Gasteiger charge is 2.13. The summed E-state index contributed by atoms with van der Waals surface area (Å²) >= 11 is 0. The van der Waals surface area contributed by atoms with Crippen LogP contribution in [-0.2, 0) is 9.36 Å². The van der Waals surface area contributed by atoms with Gasteiger partial charge in [0, 0.05) is 0 Å². The topological polar surface area (TPSA) is 80.4 Å². The van der Waals surface area contributed by atoms with Crippen molar-refractivity contribution >= 4 is 13.9 Å². The van der Waals surface area contributed by atoms with E-state index in [4.69, 9.17) is 4.89 Å². The third-order valence-corrected chi connectivity index (χ3v) is 0.873. The minimum Gasteiger partial charge on any atom is -0.366 e. The number of hydrogen-bond acceptors (Lipinski definition) is 2. The van der Waals surface area contributed by atoms with E-state index in [0.717, 1.165) is 0 Å². The first-order chi connectivity index (χ1) is 3.13. The van der Waals surface area contributed by atoms with E-state index in [0.29, 0.717) is 0 Å². The summed E-state index contributed by atoms with van der Waals surface area (Å²) in [6, 6.07) is 0. The molecule has 0 radical (unpaired) electrons. The summed E-state index contributed by atoms with van der Waals surface area (Å²) in [5, 5.41) is 0. The first kappa shape index (κ1) is 6.53. The van der Waals surface area contributed by atoms with Crippen molar-refractivity contribution < 1.29 is 14.3 Å². The fourth-order valence-electron chi connectivity index (χ4n) is 0.133. The zero-order valence-corrected chi connectivity index (χ0v) is 4.39. The van der Waals surface area contributed by atoms with Crippen molar-refractivity contribution in [1.29, 1.82) is 0 Å². The minimum atomic E-state index is -2.36. The van der Waals surface area contributed by atoms with Gasteiger partial charge in [0.2, 0.25) is 0 Å². The molecule has 40 valence electrons. The summed E-state index contributed by atoms with van der Waals surface area (Å²) in [5.41, 5.74) is 4.51. The quantitative estimate of drug-likeness (QED) is 0.471. The first-order valence-corrected chi connectivity index (χ1v) is 2.94. The predicted octanol–water partition coefficient (Wildman–Crippen LogP) is -0.794. The number of carbonyl (C=O) groups is 1. The van der Waals surface area contributed by atoms with Crippen LogP contribution in [0.3, 0.4) is 0 Å². The molecule has 1 atom stereocenters. The molecule has 0 aliphatic carbocycles. The second-order valence-electron chi connectivity index (χ2n) is 0.977. The third-order valence-electron chi connectivity index (χ3n) is 0.291. The fourth-order valence-corrected chi connectivity index (χ4v) is 0.400. The van der Waals surface area contributed by atoms with E-state index in [1.54, 1.807) is 0 Å². The maximum Gasteiger partial charge on any atom is 0.515 e. The molecule has 0 aliphatic heterocycles. The van der Waals surface area contributed by atoms with Crippen LogP contribution >= 0.6 is 8.03 Å². The molecule has 0 rings (SSSR count). The molecule has 0 saturated carbocycles. The van der Waals surface area contributed by atoms with Crippen LogP contribution in [0.15, 0.2) is 0 Å². The Kier molecular flexibility index (Phi) is 2.48. The van der Waals surface area contributed by atoms with Gasteiger partial charge >= 0.3 is 8.03 Å². The summed E-state index contributed by atoms with van der Waals surface area (Å²) < 4.78 is 9.66. The molecule has 0 fully saturated rings. The van der Waals surface area contributed by atoms with Gasteiger partial charge in [0.05, 0.1) is 0 Å². The van der Waals surface area contributed by atoms with Gasteiger partial charge in [-0.15, -0.1) is 0 Å². The number of amides is 1. The average Bonchev–Trinajstić information content (AvgIpc) is 1.27. The van der Waals surface area contributed by atoms with Crippen molar-refractivity contribution in [3.05, 3.63) is 0 Å². The van der Waals surface area contributed by atoms with Crippen LogP contribution in [0.25, 0.3) is 0 Å². The third kappa shape index (κ3) is 5.53. The second-order valence-corrected chi connectivity index (χ2v) is 2.00. The van der Waals surface area contributed by atoms with E-state index in [1.807, 2.05) is 0 Å². The highest BCUT2D eigenvalue weighted by atomic mass is 31.1. The molecular weight excluding hydrogens is 117 g/mol. The number of carbonyl (C=O) groups excluding carboxylic acids is 1. The average molecular weight is 122 g/mol. The normalized spacial score (nSPS) is 10.7. The van der Waals surface area contributed by atoms with E-state index in [-0.39, 0.29) is 0 Å². The Bertz CT molecular complexity index is 89.1. The van der Waals surface area contributed by atoms with Crippen LogP contribution < -0.4 is 5.73 Å². The van der Waals surface area contributed by atoms with Crippen molar-refractivity contribution in [3.8, 4) is 0 Å². The maximum atomic E-state index is 9.69. The Hall–Kier alpha value is -0.470. The van der Waals surface area contributed by atoms with Gasteiger partial charge in [-0.1, -0.05) is 0 Å². The van der Waals surface area contributed by atoms with Crippen molar-refractivity contribution in [2.45, 2.75) is 0 Å². The van der Waals surface area contributed by atoms with Gasteiger partial charge in [0.25, 0.3) is 12.1 Å². The van der Waals surface area contributed by atoms with Gasteiger partial charge in [-0.2, -0.15) is 4.89 Å². The summed E-state index contributed by atoms with van der Waals surface area (Å²) in [7, 11) is -2.36. The van der Waals surface area contributed by atoms with Crippen LogP contribution in [0, 0.1) is 0 Å². The highest BCUT2D eigenvalue weighted by Crippen LogP contribution is 2.09. The first-order valence-electron chi connectivity index (χ1n) is 1.55. The lowest BCUT2D eigenvalue weighted by Crippen LogP contribution is -2.12. The molecule has 3 N–H and O–H groups in total. The monoisotopic (exact) mass is 122 g/mol. The Morgan fingerprint density at radius 3 is 2.29 bits per heavy atom. The van der Waals surface area contributed by atoms with Gasteiger partial charge in [0.1, 0.15) is 0 Å². The molecule has 4 nitrogen and oxygen atoms in total. The Labute approximate surface area is 41.2 Å². The van der Waals surface area contributed by atoms with E-state index < -0.39 is 20.1 Å². The largest absolute Gasteiger partial charge is 0.515 e.